The average Bonchev–Trinajstić information content (AvgIpc) is 3.04. The summed E-state index contributed by atoms with van der Waals surface area (Å²) in [5.41, 5.74) is 8.30. The summed E-state index contributed by atoms with van der Waals surface area (Å²) in [6, 6.07) is 17.1. The van der Waals surface area contributed by atoms with E-state index in [4.69, 9.17) is 0 Å². The van der Waals surface area contributed by atoms with Crippen LogP contribution in [-0.4, -0.2) is 0 Å². The summed E-state index contributed by atoms with van der Waals surface area (Å²) < 4.78 is 0. The Bertz CT molecular complexity index is 764. The second-order valence-corrected chi connectivity index (χ2v) is 6.38. The van der Waals surface area contributed by atoms with E-state index in [1.54, 1.807) is 0 Å². The summed E-state index contributed by atoms with van der Waals surface area (Å²) in [7, 11) is 0. The first-order valence-corrected chi connectivity index (χ1v) is 7.53. The molecule has 0 saturated carbocycles. The van der Waals surface area contributed by atoms with Crippen LogP contribution in [0, 0.1) is 0 Å². The molecule has 0 atom stereocenters. The monoisotopic (exact) mass is 273 g/mol. The predicted molar refractivity (Wildman–Crippen MR) is 89.9 cm³/mol. The molecular weight excluding hydrogens is 254 g/mol. The SMILES string of the molecule is CC1(C)C2=C(CC=C2)c2ccc(Nc3ccccc3)cc21. The molecule has 1 nitrogen and oxygen atoms in total. The van der Waals surface area contributed by atoms with Crippen molar-refractivity contribution in [3.63, 3.8) is 0 Å². The van der Waals surface area contributed by atoms with Crippen LogP contribution in [0.1, 0.15) is 31.4 Å². The molecule has 1 N–H and O–H groups in total. The Morgan fingerprint density at radius 3 is 2.57 bits per heavy atom. The molecule has 21 heavy (non-hydrogen) atoms. The van der Waals surface area contributed by atoms with Crippen molar-refractivity contribution in [3.8, 4) is 0 Å². The van der Waals surface area contributed by atoms with Crippen molar-refractivity contribution in [3.05, 3.63) is 77.4 Å². The van der Waals surface area contributed by atoms with E-state index < -0.39 is 0 Å². The van der Waals surface area contributed by atoms with Crippen LogP contribution < -0.4 is 5.32 Å². The van der Waals surface area contributed by atoms with Gasteiger partial charge >= 0.3 is 0 Å². The highest BCUT2D eigenvalue weighted by Gasteiger charge is 2.37. The molecule has 0 fully saturated rings. The minimum Gasteiger partial charge on any atom is -0.356 e. The highest BCUT2D eigenvalue weighted by molar-refractivity contribution is 5.86. The first-order chi connectivity index (χ1) is 10.2. The van der Waals surface area contributed by atoms with Gasteiger partial charge in [-0.1, -0.05) is 50.3 Å². The molecule has 2 aromatic rings. The topological polar surface area (TPSA) is 12.0 Å². The number of hydrogen-bond donors (Lipinski definition) is 1. The highest BCUT2D eigenvalue weighted by atomic mass is 14.9. The van der Waals surface area contributed by atoms with Crippen LogP contribution >= 0.6 is 0 Å². The lowest BCUT2D eigenvalue weighted by Gasteiger charge is -2.23. The molecule has 1 heteroatoms. The molecule has 4 rings (SSSR count). The molecule has 104 valence electrons. The van der Waals surface area contributed by atoms with Gasteiger partial charge in [-0.2, -0.15) is 0 Å². The largest absolute Gasteiger partial charge is 0.356 e. The van der Waals surface area contributed by atoms with Crippen LogP contribution in [0.2, 0.25) is 0 Å². The molecule has 0 unspecified atom stereocenters. The van der Waals surface area contributed by atoms with Gasteiger partial charge in [0.2, 0.25) is 0 Å². The highest BCUT2D eigenvalue weighted by Crippen LogP contribution is 2.51. The Morgan fingerprint density at radius 1 is 0.952 bits per heavy atom. The van der Waals surface area contributed by atoms with Crippen molar-refractivity contribution in [1.82, 2.24) is 0 Å². The number of para-hydroxylation sites is 1. The fraction of sp³-hybridized carbons (Fsp3) is 0.200. The van der Waals surface area contributed by atoms with Crippen molar-refractivity contribution < 1.29 is 0 Å². The van der Waals surface area contributed by atoms with Gasteiger partial charge in [-0.25, -0.2) is 0 Å². The summed E-state index contributed by atoms with van der Waals surface area (Å²) in [6.45, 7) is 4.66. The van der Waals surface area contributed by atoms with Gasteiger partial charge in [0.05, 0.1) is 0 Å². The molecule has 0 saturated heterocycles. The first-order valence-electron chi connectivity index (χ1n) is 7.53. The maximum atomic E-state index is 3.50. The quantitative estimate of drug-likeness (QED) is 0.768. The second-order valence-electron chi connectivity index (χ2n) is 6.38. The Labute approximate surface area is 126 Å². The lowest BCUT2D eigenvalue weighted by atomic mass is 9.81. The number of nitrogens with one attached hydrogen (secondary N) is 1. The number of anilines is 2. The Hall–Kier alpha value is -2.28. The lowest BCUT2D eigenvalue weighted by Crippen LogP contribution is -2.16. The predicted octanol–water partition coefficient (Wildman–Crippen LogP) is 5.43. The smallest absolute Gasteiger partial charge is 0.0387 e. The maximum absolute atomic E-state index is 3.50. The minimum atomic E-state index is 0.117. The number of rotatable bonds is 2. The standard InChI is InChI=1S/C20H19N/c1-20(2)18-10-6-9-16(18)17-12-11-15(13-19(17)20)21-14-7-4-3-5-8-14/h3-8,10-13,21H,9H2,1-2H3. The van der Waals surface area contributed by atoms with Gasteiger partial charge in [-0.15, -0.1) is 0 Å². The van der Waals surface area contributed by atoms with E-state index in [0.29, 0.717) is 0 Å². The summed E-state index contributed by atoms with van der Waals surface area (Å²) in [5.74, 6) is 0. The fourth-order valence-electron chi connectivity index (χ4n) is 3.58. The van der Waals surface area contributed by atoms with E-state index in [9.17, 15) is 0 Å². The molecule has 0 bridgehead atoms. The first kappa shape index (κ1) is 12.5. The average molecular weight is 273 g/mol. The van der Waals surface area contributed by atoms with Gasteiger partial charge in [-0.3, -0.25) is 0 Å². The number of hydrogen-bond acceptors (Lipinski definition) is 1. The molecule has 0 heterocycles. The maximum Gasteiger partial charge on any atom is 0.0387 e. The van der Waals surface area contributed by atoms with Crippen molar-refractivity contribution in [2.24, 2.45) is 0 Å². The summed E-state index contributed by atoms with van der Waals surface area (Å²) in [4.78, 5) is 0. The fourth-order valence-corrected chi connectivity index (χ4v) is 3.58. The molecule has 2 aliphatic carbocycles. The Balaban J connectivity index is 1.73. The number of allylic oxidation sites excluding steroid dienone is 4. The second kappa shape index (κ2) is 4.36. The normalized spacial score (nSPS) is 17.8. The van der Waals surface area contributed by atoms with Crippen LogP contribution in [0.25, 0.3) is 5.57 Å². The minimum absolute atomic E-state index is 0.117. The third-order valence-corrected chi connectivity index (χ3v) is 4.69. The van der Waals surface area contributed by atoms with Gasteiger partial charge in [0.25, 0.3) is 0 Å². The summed E-state index contributed by atoms with van der Waals surface area (Å²) >= 11 is 0. The van der Waals surface area contributed by atoms with Gasteiger partial charge in [-0.05, 0) is 53.0 Å². The molecule has 0 radical (unpaired) electrons. The lowest BCUT2D eigenvalue weighted by molar-refractivity contribution is 0.655. The third kappa shape index (κ3) is 1.84. The zero-order chi connectivity index (χ0) is 14.4. The van der Waals surface area contributed by atoms with Gasteiger partial charge in [0, 0.05) is 16.8 Å². The third-order valence-electron chi connectivity index (χ3n) is 4.69. The van der Waals surface area contributed by atoms with E-state index in [-0.39, 0.29) is 5.41 Å². The Morgan fingerprint density at radius 2 is 1.76 bits per heavy atom. The molecular formula is C20H19N. The molecule has 2 aliphatic rings. The van der Waals surface area contributed by atoms with E-state index in [2.05, 4.69) is 73.8 Å². The molecule has 0 aromatic heterocycles. The molecule has 0 amide bonds. The van der Waals surface area contributed by atoms with E-state index in [1.165, 1.54) is 22.3 Å². The van der Waals surface area contributed by atoms with Crippen LogP contribution in [0.3, 0.4) is 0 Å². The summed E-state index contributed by atoms with van der Waals surface area (Å²) in [6.07, 6.45) is 5.67. The molecule has 0 spiro atoms. The van der Waals surface area contributed by atoms with Crippen LogP contribution in [0.5, 0.6) is 0 Å². The molecule has 2 aromatic carbocycles. The number of benzene rings is 2. The van der Waals surface area contributed by atoms with E-state index >= 15 is 0 Å². The zero-order valence-electron chi connectivity index (χ0n) is 12.5. The molecule has 0 aliphatic heterocycles. The van der Waals surface area contributed by atoms with E-state index in [0.717, 1.165) is 17.8 Å². The van der Waals surface area contributed by atoms with Crippen LogP contribution in [0.4, 0.5) is 11.4 Å². The van der Waals surface area contributed by atoms with Crippen molar-refractivity contribution in [2.75, 3.05) is 5.32 Å². The van der Waals surface area contributed by atoms with Crippen LogP contribution in [-0.2, 0) is 5.41 Å². The van der Waals surface area contributed by atoms with Gasteiger partial charge < -0.3 is 5.32 Å². The van der Waals surface area contributed by atoms with E-state index in [1.807, 2.05) is 6.07 Å². The van der Waals surface area contributed by atoms with Crippen molar-refractivity contribution >= 4 is 16.9 Å². The number of fused-ring (bicyclic) bond motifs is 2. The van der Waals surface area contributed by atoms with Crippen molar-refractivity contribution in [1.29, 1.82) is 0 Å². The van der Waals surface area contributed by atoms with Gasteiger partial charge in [0.1, 0.15) is 0 Å². The van der Waals surface area contributed by atoms with Crippen LogP contribution in [0.15, 0.2) is 66.3 Å². The zero-order valence-corrected chi connectivity index (χ0v) is 12.5. The van der Waals surface area contributed by atoms with Gasteiger partial charge in [0.15, 0.2) is 0 Å². The summed E-state index contributed by atoms with van der Waals surface area (Å²) in [5, 5.41) is 3.50. The van der Waals surface area contributed by atoms with Crippen molar-refractivity contribution in [2.45, 2.75) is 25.7 Å². The Kier molecular flexibility index (Phi) is 2.58.